The van der Waals surface area contributed by atoms with Crippen LogP contribution in [0.25, 0.3) is 0 Å². The fraction of sp³-hybridized carbons (Fsp3) is 0.833. The molecule has 0 aliphatic heterocycles. The molecule has 0 bridgehead atoms. The number of carbonyl (C=O) groups excluding carboxylic acids is 1. The minimum atomic E-state index is -0.264. The lowest BCUT2D eigenvalue weighted by Gasteiger charge is -2.13. The molecule has 0 spiro atoms. The Balaban J connectivity index is 3.73. The first-order valence-electron chi connectivity index (χ1n) is 2.91. The monoisotopic (exact) mass is 131 g/mol. The number of carbonyl (C=O) groups is 1. The number of hydrogen-bond donors (Lipinski definition) is 1. The van der Waals surface area contributed by atoms with Crippen molar-refractivity contribution in [1.29, 1.82) is 0 Å². The second kappa shape index (κ2) is 3.45. The van der Waals surface area contributed by atoms with Gasteiger partial charge in [-0.1, -0.05) is 6.92 Å². The molecule has 0 saturated heterocycles. The number of amides is 1. The summed E-state index contributed by atoms with van der Waals surface area (Å²) in [4.78, 5) is 12.3. The zero-order valence-corrected chi connectivity index (χ0v) is 6.09. The lowest BCUT2D eigenvalue weighted by Crippen LogP contribution is -2.29. The van der Waals surface area contributed by atoms with Crippen LogP contribution in [0.1, 0.15) is 6.92 Å². The molecule has 54 valence electrons. The van der Waals surface area contributed by atoms with Crippen molar-refractivity contribution in [3.8, 4) is 0 Å². The normalized spacial score (nSPS) is 12.9. The minimum Gasteiger partial charge on any atom is -0.396 e. The van der Waals surface area contributed by atoms with Crippen molar-refractivity contribution in [1.82, 2.24) is 4.90 Å². The second-order valence-electron chi connectivity index (χ2n) is 2.32. The summed E-state index contributed by atoms with van der Waals surface area (Å²) < 4.78 is 0. The quantitative estimate of drug-likeness (QED) is 0.559. The van der Waals surface area contributed by atoms with Crippen LogP contribution in [0.4, 0.5) is 0 Å². The van der Waals surface area contributed by atoms with Crippen molar-refractivity contribution in [3.05, 3.63) is 0 Å². The molecule has 0 rings (SSSR count). The molecule has 0 heterocycles. The average molecular weight is 131 g/mol. The molecule has 0 aliphatic rings. The highest BCUT2D eigenvalue weighted by atomic mass is 16.3. The Morgan fingerprint density at radius 1 is 1.67 bits per heavy atom. The summed E-state index contributed by atoms with van der Waals surface area (Å²) in [6.07, 6.45) is 0. The second-order valence-corrected chi connectivity index (χ2v) is 2.32. The van der Waals surface area contributed by atoms with Crippen LogP contribution in [0, 0.1) is 5.92 Å². The van der Waals surface area contributed by atoms with Crippen LogP contribution in [0.2, 0.25) is 0 Å². The lowest BCUT2D eigenvalue weighted by atomic mass is 10.2. The van der Waals surface area contributed by atoms with E-state index in [2.05, 4.69) is 0 Å². The van der Waals surface area contributed by atoms with Gasteiger partial charge in [-0.15, -0.1) is 0 Å². The third kappa shape index (κ3) is 2.46. The van der Waals surface area contributed by atoms with Crippen molar-refractivity contribution in [3.63, 3.8) is 0 Å². The SMILES string of the molecule is CC(CO)C(=O)N(C)C. The van der Waals surface area contributed by atoms with Gasteiger partial charge in [0.15, 0.2) is 0 Å². The number of hydrogen-bond acceptors (Lipinski definition) is 2. The predicted molar refractivity (Wildman–Crippen MR) is 34.9 cm³/mol. The fourth-order valence-electron chi connectivity index (χ4n) is 0.519. The molecule has 1 atom stereocenters. The van der Waals surface area contributed by atoms with E-state index in [1.54, 1.807) is 21.0 Å². The molecule has 1 amide bonds. The van der Waals surface area contributed by atoms with Gasteiger partial charge in [0, 0.05) is 14.1 Å². The van der Waals surface area contributed by atoms with Crippen molar-refractivity contribution >= 4 is 5.91 Å². The maximum Gasteiger partial charge on any atom is 0.227 e. The van der Waals surface area contributed by atoms with Crippen LogP contribution in [-0.2, 0) is 4.79 Å². The first-order chi connectivity index (χ1) is 4.09. The summed E-state index contributed by atoms with van der Waals surface area (Å²) in [6.45, 7) is 1.62. The van der Waals surface area contributed by atoms with Crippen molar-refractivity contribution in [2.45, 2.75) is 6.92 Å². The molecule has 9 heavy (non-hydrogen) atoms. The molecule has 1 N–H and O–H groups in total. The predicted octanol–water partition coefficient (Wildman–Crippen LogP) is -0.297. The zero-order valence-electron chi connectivity index (χ0n) is 6.09. The molecule has 0 aromatic heterocycles. The Kier molecular flexibility index (Phi) is 3.24. The maximum atomic E-state index is 10.8. The fourth-order valence-corrected chi connectivity index (χ4v) is 0.519. The molecule has 0 radical (unpaired) electrons. The number of aliphatic hydroxyl groups excluding tert-OH is 1. The Morgan fingerprint density at radius 3 is 2.22 bits per heavy atom. The smallest absolute Gasteiger partial charge is 0.227 e. The molecular formula is C6H13NO2. The Hall–Kier alpha value is -0.570. The van der Waals surface area contributed by atoms with Gasteiger partial charge in [-0.05, 0) is 0 Å². The molecule has 0 aliphatic carbocycles. The molecular weight excluding hydrogens is 118 g/mol. The summed E-state index contributed by atoms with van der Waals surface area (Å²) in [5.74, 6) is -0.294. The van der Waals surface area contributed by atoms with Gasteiger partial charge in [-0.25, -0.2) is 0 Å². The van der Waals surface area contributed by atoms with Gasteiger partial charge in [-0.3, -0.25) is 4.79 Å². The molecule has 0 fully saturated rings. The summed E-state index contributed by atoms with van der Waals surface area (Å²) in [7, 11) is 3.35. The topological polar surface area (TPSA) is 40.5 Å². The largest absolute Gasteiger partial charge is 0.396 e. The number of aliphatic hydroxyl groups is 1. The molecule has 0 aromatic carbocycles. The van der Waals surface area contributed by atoms with E-state index >= 15 is 0 Å². The van der Waals surface area contributed by atoms with Gasteiger partial charge in [0.2, 0.25) is 5.91 Å². The van der Waals surface area contributed by atoms with E-state index < -0.39 is 0 Å². The third-order valence-electron chi connectivity index (χ3n) is 1.14. The Bertz CT molecular complexity index is 101. The van der Waals surface area contributed by atoms with E-state index in [1.807, 2.05) is 0 Å². The first kappa shape index (κ1) is 8.43. The van der Waals surface area contributed by atoms with Gasteiger partial charge in [0.05, 0.1) is 12.5 Å². The molecule has 3 nitrogen and oxygen atoms in total. The zero-order chi connectivity index (χ0) is 7.44. The van der Waals surface area contributed by atoms with E-state index in [0.717, 1.165) is 0 Å². The Morgan fingerprint density at radius 2 is 2.11 bits per heavy atom. The van der Waals surface area contributed by atoms with Crippen LogP contribution in [0.15, 0.2) is 0 Å². The summed E-state index contributed by atoms with van der Waals surface area (Å²) >= 11 is 0. The van der Waals surface area contributed by atoms with E-state index in [0.29, 0.717) is 0 Å². The first-order valence-corrected chi connectivity index (χ1v) is 2.91. The highest BCUT2D eigenvalue weighted by molar-refractivity contribution is 5.77. The van der Waals surface area contributed by atoms with Gasteiger partial charge in [0.1, 0.15) is 0 Å². The van der Waals surface area contributed by atoms with Crippen molar-refractivity contribution < 1.29 is 9.90 Å². The van der Waals surface area contributed by atoms with Crippen molar-refractivity contribution in [2.24, 2.45) is 5.92 Å². The summed E-state index contributed by atoms with van der Waals surface area (Å²) in [5, 5.41) is 8.51. The van der Waals surface area contributed by atoms with Gasteiger partial charge in [-0.2, -0.15) is 0 Å². The lowest BCUT2D eigenvalue weighted by molar-refractivity contribution is -0.133. The number of rotatable bonds is 2. The van der Waals surface area contributed by atoms with Crippen molar-refractivity contribution in [2.75, 3.05) is 20.7 Å². The summed E-state index contributed by atoms with van der Waals surface area (Å²) in [5.41, 5.74) is 0. The standard InChI is InChI=1S/C6H13NO2/c1-5(4-8)6(9)7(2)3/h5,8H,4H2,1-3H3. The number of nitrogens with zero attached hydrogens (tertiary/aromatic N) is 1. The van der Waals surface area contributed by atoms with Crippen LogP contribution >= 0.6 is 0 Å². The van der Waals surface area contributed by atoms with Gasteiger partial charge < -0.3 is 10.0 Å². The highest BCUT2D eigenvalue weighted by Crippen LogP contribution is 1.95. The van der Waals surface area contributed by atoms with Gasteiger partial charge >= 0.3 is 0 Å². The van der Waals surface area contributed by atoms with Crippen LogP contribution < -0.4 is 0 Å². The average Bonchev–Trinajstić information content (AvgIpc) is 1.84. The summed E-state index contributed by atoms with van der Waals surface area (Å²) in [6, 6.07) is 0. The van der Waals surface area contributed by atoms with Crippen LogP contribution in [0.5, 0.6) is 0 Å². The van der Waals surface area contributed by atoms with E-state index in [4.69, 9.17) is 5.11 Å². The third-order valence-corrected chi connectivity index (χ3v) is 1.14. The molecule has 0 saturated carbocycles. The van der Waals surface area contributed by atoms with E-state index in [-0.39, 0.29) is 18.4 Å². The van der Waals surface area contributed by atoms with E-state index in [9.17, 15) is 4.79 Å². The minimum absolute atomic E-state index is 0.0301. The van der Waals surface area contributed by atoms with Gasteiger partial charge in [0.25, 0.3) is 0 Å². The maximum absolute atomic E-state index is 10.8. The molecule has 3 heteroatoms. The molecule has 0 aromatic rings. The Labute approximate surface area is 55.3 Å². The van der Waals surface area contributed by atoms with E-state index in [1.165, 1.54) is 4.90 Å². The van der Waals surface area contributed by atoms with Crippen LogP contribution in [-0.4, -0.2) is 36.6 Å². The van der Waals surface area contributed by atoms with Crippen LogP contribution in [0.3, 0.4) is 0 Å². The highest BCUT2D eigenvalue weighted by Gasteiger charge is 2.12. The molecule has 1 unspecified atom stereocenters.